The average molecular weight is 239 g/mol. The zero-order chi connectivity index (χ0) is 12.0. The Labute approximate surface area is 98.6 Å². The van der Waals surface area contributed by atoms with Crippen molar-refractivity contribution in [3.05, 3.63) is 28.8 Å². The number of nitrogens with two attached hydrogens (primary N) is 1. The van der Waals surface area contributed by atoms with Gasteiger partial charge in [-0.1, -0.05) is 17.7 Å². The number of benzene rings is 1. The van der Waals surface area contributed by atoms with Crippen LogP contribution < -0.4 is 5.73 Å². The van der Waals surface area contributed by atoms with Crippen LogP contribution in [0.1, 0.15) is 23.2 Å². The molecule has 0 amide bonds. The van der Waals surface area contributed by atoms with Gasteiger partial charge < -0.3 is 10.5 Å². The predicted molar refractivity (Wildman–Crippen MR) is 61.0 cm³/mol. The highest BCUT2D eigenvalue weighted by Crippen LogP contribution is 2.22. The van der Waals surface area contributed by atoms with E-state index in [0.29, 0.717) is 12.8 Å². The van der Waals surface area contributed by atoms with E-state index in [0.717, 1.165) is 0 Å². The Morgan fingerprint density at radius 3 is 2.94 bits per heavy atom. The summed E-state index contributed by atoms with van der Waals surface area (Å²) in [6.45, 7) is 0.192. The molecule has 16 heavy (non-hydrogen) atoms. The molecule has 0 aliphatic carbocycles. The first-order chi connectivity index (χ1) is 7.66. The highest BCUT2D eigenvalue weighted by molar-refractivity contribution is 6.34. The fourth-order valence-electron chi connectivity index (χ4n) is 1.14. The van der Waals surface area contributed by atoms with Gasteiger partial charge in [-0.25, -0.2) is 4.79 Å². The number of carbonyl (C=O) groups excluding carboxylic acids is 1. The maximum atomic E-state index is 11.6. The highest BCUT2D eigenvalue weighted by atomic mass is 35.5. The van der Waals surface area contributed by atoms with E-state index in [1.807, 2.05) is 6.07 Å². The first-order valence-corrected chi connectivity index (χ1v) is 5.12. The minimum atomic E-state index is -0.555. The number of carbonyl (C=O) groups is 1. The van der Waals surface area contributed by atoms with Crippen molar-refractivity contribution in [1.82, 2.24) is 0 Å². The van der Waals surface area contributed by atoms with E-state index >= 15 is 0 Å². The number of anilines is 1. The van der Waals surface area contributed by atoms with Crippen LogP contribution in [0.2, 0.25) is 5.02 Å². The van der Waals surface area contributed by atoms with Crippen molar-refractivity contribution < 1.29 is 9.53 Å². The standard InChI is InChI=1S/C11H11ClN2O2/c12-8-4-3-5-9(14)10(8)11(15)16-7-2-1-6-13/h3-5H,1-2,7,14H2. The molecule has 1 aromatic rings. The second kappa shape index (κ2) is 5.99. The maximum absolute atomic E-state index is 11.6. The lowest BCUT2D eigenvalue weighted by Gasteiger charge is -2.07. The van der Waals surface area contributed by atoms with Gasteiger partial charge >= 0.3 is 5.97 Å². The molecule has 0 radical (unpaired) electrons. The molecule has 0 saturated heterocycles. The van der Waals surface area contributed by atoms with Gasteiger partial charge in [0.25, 0.3) is 0 Å². The van der Waals surface area contributed by atoms with Gasteiger partial charge in [0.05, 0.1) is 17.7 Å². The molecule has 0 fully saturated rings. The van der Waals surface area contributed by atoms with Crippen LogP contribution in [-0.4, -0.2) is 12.6 Å². The first kappa shape index (κ1) is 12.3. The SMILES string of the molecule is N#CCCCOC(=O)c1c(N)cccc1Cl. The molecule has 0 unspecified atom stereocenters. The van der Waals surface area contributed by atoms with E-state index in [4.69, 9.17) is 27.3 Å². The van der Waals surface area contributed by atoms with Crippen LogP contribution in [0.5, 0.6) is 0 Å². The largest absolute Gasteiger partial charge is 0.462 e. The number of nitrogen functional groups attached to an aromatic ring is 1. The number of nitrogens with zero attached hydrogens (tertiary/aromatic N) is 1. The fourth-order valence-corrected chi connectivity index (χ4v) is 1.40. The molecule has 0 bridgehead atoms. The van der Waals surface area contributed by atoms with Gasteiger partial charge in [-0.05, 0) is 18.6 Å². The Bertz CT molecular complexity index is 406. The molecule has 5 heteroatoms. The summed E-state index contributed by atoms with van der Waals surface area (Å²) in [6, 6.07) is 6.77. The molecule has 0 spiro atoms. The molecule has 1 rings (SSSR count). The Hall–Kier alpha value is -1.73. The topological polar surface area (TPSA) is 76.1 Å². The van der Waals surface area contributed by atoms with Crippen LogP contribution in [0.15, 0.2) is 18.2 Å². The Morgan fingerprint density at radius 1 is 1.56 bits per heavy atom. The summed E-state index contributed by atoms with van der Waals surface area (Å²) in [5, 5.41) is 8.57. The molecule has 4 nitrogen and oxygen atoms in total. The molecule has 0 aliphatic heterocycles. The third-order valence-electron chi connectivity index (χ3n) is 1.92. The van der Waals surface area contributed by atoms with Crippen molar-refractivity contribution in [3.8, 4) is 6.07 Å². The quantitative estimate of drug-likeness (QED) is 0.496. The summed E-state index contributed by atoms with van der Waals surface area (Å²) in [5.41, 5.74) is 6.09. The van der Waals surface area contributed by atoms with Crippen molar-refractivity contribution in [2.45, 2.75) is 12.8 Å². The second-order valence-corrected chi connectivity index (χ2v) is 3.51. The zero-order valence-electron chi connectivity index (χ0n) is 8.57. The van der Waals surface area contributed by atoms with Gasteiger partial charge in [-0.2, -0.15) is 5.26 Å². The summed E-state index contributed by atoms with van der Waals surface area (Å²) in [4.78, 5) is 11.6. The van der Waals surface area contributed by atoms with Gasteiger partial charge in [0, 0.05) is 12.1 Å². The number of halogens is 1. The number of rotatable bonds is 4. The fraction of sp³-hybridized carbons (Fsp3) is 0.273. The summed E-state index contributed by atoms with van der Waals surface area (Å²) in [7, 11) is 0. The maximum Gasteiger partial charge on any atom is 0.341 e. The summed E-state index contributed by atoms with van der Waals surface area (Å²) >= 11 is 5.83. The molecule has 0 heterocycles. The lowest BCUT2D eigenvalue weighted by atomic mass is 10.2. The molecule has 0 saturated carbocycles. The van der Waals surface area contributed by atoms with Crippen LogP contribution >= 0.6 is 11.6 Å². The second-order valence-electron chi connectivity index (χ2n) is 3.10. The van der Waals surface area contributed by atoms with Crippen LogP contribution in [0, 0.1) is 11.3 Å². The van der Waals surface area contributed by atoms with Gasteiger partial charge in [-0.15, -0.1) is 0 Å². The molecule has 2 N–H and O–H groups in total. The average Bonchev–Trinajstić information content (AvgIpc) is 2.24. The van der Waals surface area contributed by atoms with Crippen molar-refractivity contribution >= 4 is 23.3 Å². The molecule has 1 aromatic carbocycles. The molecule has 84 valence electrons. The minimum Gasteiger partial charge on any atom is -0.462 e. The van der Waals surface area contributed by atoms with E-state index in [1.165, 1.54) is 0 Å². The highest BCUT2D eigenvalue weighted by Gasteiger charge is 2.14. The van der Waals surface area contributed by atoms with Crippen LogP contribution in [0.25, 0.3) is 0 Å². The first-order valence-electron chi connectivity index (χ1n) is 4.75. The number of hydrogen-bond donors (Lipinski definition) is 1. The third kappa shape index (κ3) is 3.14. The van der Waals surface area contributed by atoms with Gasteiger partial charge in [0.15, 0.2) is 0 Å². The van der Waals surface area contributed by atoms with Gasteiger partial charge in [-0.3, -0.25) is 0 Å². The predicted octanol–water partition coefficient (Wildman–Crippen LogP) is 2.38. The van der Waals surface area contributed by atoms with Crippen molar-refractivity contribution in [2.75, 3.05) is 12.3 Å². The van der Waals surface area contributed by atoms with Gasteiger partial charge in [0.2, 0.25) is 0 Å². The Balaban J connectivity index is 2.63. The zero-order valence-corrected chi connectivity index (χ0v) is 9.33. The third-order valence-corrected chi connectivity index (χ3v) is 2.23. The van der Waals surface area contributed by atoms with E-state index in [9.17, 15) is 4.79 Å². The molecule has 0 aliphatic rings. The summed E-state index contributed by atoms with van der Waals surface area (Å²) < 4.78 is 4.94. The van der Waals surface area contributed by atoms with Gasteiger partial charge in [0.1, 0.15) is 5.56 Å². The van der Waals surface area contributed by atoms with Crippen LogP contribution in [-0.2, 0) is 4.74 Å². The molecule has 0 atom stereocenters. The minimum absolute atomic E-state index is 0.182. The number of unbranched alkanes of at least 4 members (excludes halogenated alkanes) is 1. The summed E-state index contributed by atoms with van der Waals surface area (Å²) in [6.07, 6.45) is 0.859. The van der Waals surface area contributed by atoms with Crippen LogP contribution in [0.4, 0.5) is 5.69 Å². The number of ether oxygens (including phenoxy) is 1. The lowest BCUT2D eigenvalue weighted by Crippen LogP contribution is -2.09. The lowest BCUT2D eigenvalue weighted by molar-refractivity contribution is 0.0503. The number of hydrogen-bond acceptors (Lipinski definition) is 4. The van der Waals surface area contributed by atoms with Crippen LogP contribution in [0.3, 0.4) is 0 Å². The Morgan fingerprint density at radius 2 is 2.31 bits per heavy atom. The van der Waals surface area contributed by atoms with Crippen molar-refractivity contribution in [1.29, 1.82) is 5.26 Å². The molecule has 0 aromatic heterocycles. The summed E-state index contributed by atoms with van der Waals surface area (Å²) in [5.74, 6) is -0.555. The van der Waals surface area contributed by atoms with Crippen molar-refractivity contribution in [3.63, 3.8) is 0 Å². The van der Waals surface area contributed by atoms with Crippen molar-refractivity contribution in [2.24, 2.45) is 0 Å². The van der Waals surface area contributed by atoms with E-state index in [-0.39, 0.29) is 22.9 Å². The molecular weight excluding hydrogens is 228 g/mol. The smallest absolute Gasteiger partial charge is 0.341 e. The van der Waals surface area contributed by atoms with E-state index < -0.39 is 5.97 Å². The number of nitriles is 1. The Kier molecular flexibility index (Phi) is 4.62. The monoisotopic (exact) mass is 238 g/mol. The van der Waals surface area contributed by atoms with E-state index in [2.05, 4.69) is 0 Å². The molecular formula is C11H11ClN2O2. The number of esters is 1. The normalized spacial score (nSPS) is 9.50. The van der Waals surface area contributed by atoms with E-state index in [1.54, 1.807) is 18.2 Å².